The number of amides is 1. The summed E-state index contributed by atoms with van der Waals surface area (Å²) in [6.07, 6.45) is 5.52. The van der Waals surface area contributed by atoms with Gasteiger partial charge >= 0.3 is 0 Å². The first-order valence-corrected chi connectivity index (χ1v) is 8.47. The quantitative estimate of drug-likeness (QED) is 0.906. The van der Waals surface area contributed by atoms with E-state index in [1.807, 2.05) is 12.3 Å². The van der Waals surface area contributed by atoms with Crippen LogP contribution in [0.25, 0.3) is 0 Å². The number of likely N-dealkylation sites (tertiary alicyclic amines) is 1. The fourth-order valence-electron chi connectivity index (χ4n) is 3.14. The van der Waals surface area contributed by atoms with E-state index in [9.17, 15) is 13.6 Å². The van der Waals surface area contributed by atoms with E-state index in [4.69, 9.17) is 0 Å². The van der Waals surface area contributed by atoms with Crippen molar-refractivity contribution in [1.82, 2.24) is 15.2 Å². The summed E-state index contributed by atoms with van der Waals surface area (Å²) in [5, 5.41) is 2.67. The van der Waals surface area contributed by atoms with E-state index in [-0.39, 0.29) is 0 Å². The highest BCUT2D eigenvalue weighted by Gasteiger charge is 2.22. The van der Waals surface area contributed by atoms with Crippen LogP contribution < -0.4 is 5.32 Å². The van der Waals surface area contributed by atoms with Gasteiger partial charge in [-0.2, -0.15) is 0 Å². The molecule has 0 radical (unpaired) electrons. The van der Waals surface area contributed by atoms with Gasteiger partial charge < -0.3 is 5.32 Å². The number of hydrogen-bond acceptors (Lipinski definition) is 3. The molecule has 25 heavy (non-hydrogen) atoms. The largest absolute Gasteiger partial charge is 0.352 e. The summed E-state index contributed by atoms with van der Waals surface area (Å²) in [7, 11) is 0. The molecule has 1 amide bonds. The van der Waals surface area contributed by atoms with Crippen LogP contribution in [0.3, 0.4) is 0 Å². The fraction of sp³-hybridized carbons (Fsp3) is 0.368. The predicted octanol–water partition coefficient (Wildman–Crippen LogP) is 3.00. The highest BCUT2D eigenvalue weighted by molar-refractivity contribution is 5.94. The molecule has 132 valence electrons. The number of nitrogens with one attached hydrogen (secondary N) is 1. The topological polar surface area (TPSA) is 45.2 Å². The first-order chi connectivity index (χ1) is 12.1. The average molecular weight is 345 g/mol. The molecule has 0 unspecified atom stereocenters. The molecule has 0 atom stereocenters. The normalized spacial score (nSPS) is 15.9. The smallest absolute Gasteiger partial charge is 0.257 e. The van der Waals surface area contributed by atoms with Crippen molar-refractivity contribution in [3.05, 3.63) is 65.5 Å². The lowest BCUT2D eigenvalue weighted by molar-refractivity contribution is 0.0927. The SMILES string of the molecule is O=C(NCC1CCN(Cc2cccnc2)CC1)c1c(F)cccc1F. The van der Waals surface area contributed by atoms with Gasteiger partial charge in [0.25, 0.3) is 5.91 Å². The summed E-state index contributed by atoms with van der Waals surface area (Å²) in [6, 6.07) is 7.42. The van der Waals surface area contributed by atoms with Gasteiger partial charge in [0, 0.05) is 25.5 Å². The van der Waals surface area contributed by atoms with Gasteiger partial charge in [0.15, 0.2) is 0 Å². The Morgan fingerprint density at radius 2 is 1.88 bits per heavy atom. The highest BCUT2D eigenvalue weighted by atomic mass is 19.1. The van der Waals surface area contributed by atoms with Gasteiger partial charge in [0.2, 0.25) is 0 Å². The third kappa shape index (κ3) is 4.60. The van der Waals surface area contributed by atoms with Crippen LogP contribution in [0.2, 0.25) is 0 Å². The summed E-state index contributed by atoms with van der Waals surface area (Å²) < 4.78 is 27.2. The van der Waals surface area contributed by atoms with Crippen LogP contribution >= 0.6 is 0 Å². The van der Waals surface area contributed by atoms with E-state index in [1.54, 1.807) is 6.20 Å². The monoisotopic (exact) mass is 345 g/mol. The van der Waals surface area contributed by atoms with Crippen LogP contribution in [0.4, 0.5) is 8.78 Å². The summed E-state index contributed by atoms with van der Waals surface area (Å²) in [5.74, 6) is -2.02. The molecule has 1 fully saturated rings. The molecule has 1 aliphatic rings. The van der Waals surface area contributed by atoms with Gasteiger partial charge in [-0.1, -0.05) is 12.1 Å². The number of aromatic nitrogens is 1. The van der Waals surface area contributed by atoms with Gasteiger partial charge in [0.05, 0.1) is 0 Å². The van der Waals surface area contributed by atoms with Gasteiger partial charge in [0.1, 0.15) is 17.2 Å². The highest BCUT2D eigenvalue weighted by Crippen LogP contribution is 2.19. The molecule has 0 spiro atoms. The third-order valence-corrected chi connectivity index (χ3v) is 4.58. The number of halogens is 2. The molecule has 0 aliphatic carbocycles. The molecule has 1 saturated heterocycles. The number of piperidine rings is 1. The lowest BCUT2D eigenvalue weighted by Crippen LogP contribution is -2.38. The Kier molecular flexibility index (Phi) is 5.71. The van der Waals surface area contributed by atoms with E-state index >= 15 is 0 Å². The molecule has 2 aromatic rings. The minimum atomic E-state index is -0.830. The lowest BCUT2D eigenvalue weighted by Gasteiger charge is -2.32. The minimum Gasteiger partial charge on any atom is -0.352 e. The number of carbonyl (C=O) groups excluding carboxylic acids is 1. The molecule has 1 aromatic heterocycles. The molecule has 1 aliphatic heterocycles. The Morgan fingerprint density at radius 3 is 2.52 bits per heavy atom. The molecule has 1 N–H and O–H groups in total. The van der Waals surface area contributed by atoms with Crippen LogP contribution in [0.15, 0.2) is 42.7 Å². The predicted molar refractivity (Wildman–Crippen MR) is 90.9 cm³/mol. The van der Waals surface area contributed by atoms with Crippen molar-refractivity contribution in [3.8, 4) is 0 Å². The van der Waals surface area contributed by atoms with Crippen LogP contribution in [0.5, 0.6) is 0 Å². The van der Waals surface area contributed by atoms with E-state index in [1.165, 1.54) is 11.6 Å². The van der Waals surface area contributed by atoms with Crippen molar-refractivity contribution >= 4 is 5.91 Å². The Bertz CT molecular complexity index is 696. The van der Waals surface area contributed by atoms with Crippen molar-refractivity contribution in [2.24, 2.45) is 5.92 Å². The standard InChI is InChI=1S/C19H21F2N3O/c20-16-4-1-5-17(21)18(16)19(25)23-12-14-6-9-24(10-7-14)13-15-3-2-8-22-11-15/h1-5,8,11,14H,6-7,9-10,12-13H2,(H,23,25). The van der Waals surface area contributed by atoms with Crippen molar-refractivity contribution < 1.29 is 13.6 Å². The molecule has 0 saturated carbocycles. The molecule has 2 heterocycles. The Labute approximate surface area is 145 Å². The molecule has 6 heteroatoms. The maximum atomic E-state index is 13.6. The first kappa shape index (κ1) is 17.5. The van der Waals surface area contributed by atoms with Crippen molar-refractivity contribution in [3.63, 3.8) is 0 Å². The molecule has 3 rings (SSSR count). The molecular formula is C19H21F2N3O. The number of pyridine rings is 1. The maximum absolute atomic E-state index is 13.6. The molecular weight excluding hydrogens is 324 g/mol. The van der Waals surface area contributed by atoms with Gasteiger partial charge in [-0.25, -0.2) is 8.78 Å². The van der Waals surface area contributed by atoms with E-state index in [2.05, 4.69) is 21.3 Å². The minimum absolute atomic E-state index is 0.323. The maximum Gasteiger partial charge on any atom is 0.257 e. The van der Waals surface area contributed by atoms with Crippen LogP contribution in [-0.4, -0.2) is 35.4 Å². The number of hydrogen-bond donors (Lipinski definition) is 1. The van der Waals surface area contributed by atoms with Crippen molar-refractivity contribution in [2.45, 2.75) is 19.4 Å². The van der Waals surface area contributed by atoms with Crippen LogP contribution in [0, 0.1) is 17.6 Å². The molecule has 1 aromatic carbocycles. The zero-order valence-corrected chi connectivity index (χ0v) is 13.9. The second kappa shape index (κ2) is 8.16. The zero-order valence-electron chi connectivity index (χ0n) is 13.9. The van der Waals surface area contributed by atoms with Crippen molar-refractivity contribution in [2.75, 3.05) is 19.6 Å². The Hall–Kier alpha value is -2.34. The Balaban J connectivity index is 1.46. The first-order valence-electron chi connectivity index (χ1n) is 8.47. The zero-order chi connectivity index (χ0) is 17.6. The van der Waals surface area contributed by atoms with Gasteiger partial charge in [-0.3, -0.25) is 14.7 Å². The number of benzene rings is 1. The number of nitrogens with zero attached hydrogens (tertiary/aromatic N) is 2. The third-order valence-electron chi connectivity index (χ3n) is 4.58. The number of rotatable bonds is 5. The fourth-order valence-corrected chi connectivity index (χ4v) is 3.14. The van der Waals surface area contributed by atoms with Gasteiger partial charge in [-0.15, -0.1) is 0 Å². The van der Waals surface area contributed by atoms with Crippen molar-refractivity contribution in [1.29, 1.82) is 0 Å². The second-order valence-electron chi connectivity index (χ2n) is 6.39. The Morgan fingerprint density at radius 1 is 1.16 bits per heavy atom. The summed E-state index contributed by atoms with van der Waals surface area (Å²) in [6.45, 7) is 3.17. The second-order valence-corrected chi connectivity index (χ2v) is 6.39. The van der Waals surface area contributed by atoms with E-state index < -0.39 is 23.1 Å². The van der Waals surface area contributed by atoms with E-state index in [0.29, 0.717) is 12.5 Å². The van der Waals surface area contributed by atoms with Crippen LogP contribution in [-0.2, 0) is 6.54 Å². The van der Waals surface area contributed by atoms with Gasteiger partial charge in [-0.05, 0) is 55.6 Å². The summed E-state index contributed by atoms with van der Waals surface area (Å²) in [4.78, 5) is 18.5. The summed E-state index contributed by atoms with van der Waals surface area (Å²) >= 11 is 0. The average Bonchev–Trinajstić information content (AvgIpc) is 2.62. The van der Waals surface area contributed by atoms with E-state index in [0.717, 1.165) is 44.6 Å². The van der Waals surface area contributed by atoms with Crippen LogP contribution in [0.1, 0.15) is 28.8 Å². The summed E-state index contributed by atoms with van der Waals surface area (Å²) in [5.41, 5.74) is 0.681. The number of carbonyl (C=O) groups is 1. The molecule has 4 nitrogen and oxygen atoms in total. The lowest BCUT2D eigenvalue weighted by atomic mass is 9.96. The molecule has 0 bridgehead atoms.